The van der Waals surface area contributed by atoms with Crippen LogP contribution < -0.4 is 0 Å². The average molecular weight is 622 g/mol. The van der Waals surface area contributed by atoms with Gasteiger partial charge in [0, 0.05) is 27.2 Å². The van der Waals surface area contributed by atoms with E-state index in [0.29, 0.717) is 0 Å². The maximum absolute atomic E-state index is 2.47. The Labute approximate surface area is 284 Å². The van der Waals surface area contributed by atoms with Crippen molar-refractivity contribution in [2.45, 2.75) is 0 Å². The van der Waals surface area contributed by atoms with Crippen LogP contribution in [0.5, 0.6) is 0 Å². The molecule has 1 heteroatoms. The zero-order valence-corrected chi connectivity index (χ0v) is 26.8. The summed E-state index contributed by atoms with van der Waals surface area (Å²) in [5.41, 5.74) is 11.0. The number of benzene rings is 9. The number of fused-ring (bicyclic) bond motifs is 10. The smallest absolute Gasteiger partial charge is 0.0626 e. The molecule has 0 saturated carbocycles. The molecule has 49 heavy (non-hydrogen) atoms. The summed E-state index contributed by atoms with van der Waals surface area (Å²) in [6, 6.07) is 68.5. The molecule has 0 saturated heterocycles. The van der Waals surface area contributed by atoms with Crippen molar-refractivity contribution in [3.05, 3.63) is 188 Å². The quantitative estimate of drug-likeness (QED) is 0.172. The molecule has 228 valence electrons. The van der Waals surface area contributed by atoms with Crippen LogP contribution in [0.1, 0.15) is 0 Å². The first-order chi connectivity index (χ1) is 24.3. The first-order valence-corrected chi connectivity index (χ1v) is 16.9. The van der Waals surface area contributed by atoms with Crippen LogP contribution in [0.4, 0.5) is 0 Å². The zero-order valence-electron chi connectivity index (χ0n) is 26.8. The maximum Gasteiger partial charge on any atom is 0.0626 e. The summed E-state index contributed by atoms with van der Waals surface area (Å²) in [7, 11) is 0. The van der Waals surface area contributed by atoms with Gasteiger partial charge >= 0.3 is 0 Å². The summed E-state index contributed by atoms with van der Waals surface area (Å²) >= 11 is 0. The minimum Gasteiger partial charge on any atom is -0.309 e. The minimum atomic E-state index is 1.16. The second-order valence-corrected chi connectivity index (χ2v) is 12.9. The van der Waals surface area contributed by atoms with E-state index < -0.39 is 0 Å². The molecule has 9 aromatic carbocycles. The van der Waals surface area contributed by atoms with E-state index in [2.05, 4.69) is 193 Å². The minimum absolute atomic E-state index is 1.16. The van der Waals surface area contributed by atoms with Crippen molar-refractivity contribution in [3.8, 4) is 39.1 Å². The molecule has 1 nitrogen and oxygen atoms in total. The Morgan fingerprint density at radius 2 is 0.735 bits per heavy atom. The highest BCUT2D eigenvalue weighted by atomic mass is 15.0. The molecular weight excluding hydrogens is 591 g/mol. The lowest BCUT2D eigenvalue weighted by atomic mass is 9.93. The van der Waals surface area contributed by atoms with Gasteiger partial charge in [-0.3, -0.25) is 0 Å². The van der Waals surface area contributed by atoms with Gasteiger partial charge in [-0.25, -0.2) is 0 Å². The van der Waals surface area contributed by atoms with Crippen molar-refractivity contribution in [2.24, 2.45) is 0 Å². The van der Waals surface area contributed by atoms with Crippen molar-refractivity contribution in [1.82, 2.24) is 4.57 Å². The highest BCUT2D eigenvalue weighted by molar-refractivity contribution is 6.36. The van der Waals surface area contributed by atoms with Crippen molar-refractivity contribution in [1.29, 1.82) is 0 Å². The van der Waals surface area contributed by atoms with E-state index in [1.54, 1.807) is 0 Å². The van der Waals surface area contributed by atoms with Crippen molar-refractivity contribution >= 4 is 54.1 Å². The van der Waals surface area contributed by atoms with E-state index in [1.165, 1.54) is 87.5 Å². The van der Waals surface area contributed by atoms with E-state index in [-0.39, 0.29) is 0 Å². The molecule has 0 fully saturated rings. The normalized spacial score (nSPS) is 11.7. The van der Waals surface area contributed by atoms with Gasteiger partial charge in [-0.2, -0.15) is 0 Å². The fraction of sp³-hybridized carbons (Fsp3) is 0. The molecule has 0 aliphatic carbocycles. The Kier molecular flexibility index (Phi) is 6.25. The van der Waals surface area contributed by atoms with Crippen LogP contribution in [-0.4, -0.2) is 4.57 Å². The molecule has 0 atom stereocenters. The van der Waals surface area contributed by atoms with Gasteiger partial charge in [0.15, 0.2) is 0 Å². The summed E-state index contributed by atoms with van der Waals surface area (Å²) in [4.78, 5) is 0. The Morgan fingerprint density at radius 3 is 1.37 bits per heavy atom. The van der Waals surface area contributed by atoms with Crippen LogP contribution >= 0.6 is 0 Å². The summed E-state index contributed by atoms with van der Waals surface area (Å²) in [5.74, 6) is 0. The van der Waals surface area contributed by atoms with Crippen LogP contribution in [0.3, 0.4) is 0 Å². The number of hydrogen-bond acceptors (Lipinski definition) is 0. The third kappa shape index (κ3) is 4.40. The lowest BCUT2D eigenvalue weighted by Crippen LogP contribution is -1.95. The number of hydrogen-bond donors (Lipinski definition) is 0. The number of nitrogens with zero attached hydrogens (tertiary/aromatic N) is 1. The third-order valence-corrected chi connectivity index (χ3v) is 10.2. The predicted molar refractivity (Wildman–Crippen MR) is 210 cm³/mol. The molecule has 0 bridgehead atoms. The van der Waals surface area contributed by atoms with E-state index in [4.69, 9.17) is 0 Å². The van der Waals surface area contributed by atoms with Gasteiger partial charge in [0.05, 0.1) is 11.0 Å². The number of rotatable bonds is 4. The molecule has 10 rings (SSSR count). The summed E-state index contributed by atoms with van der Waals surface area (Å²) in [6.45, 7) is 0. The molecule has 1 aromatic heterocycles. The van der Waals surface area contributed by atoms with Gasteiger partial charge in [-0.1, -0.05) is 170 Å². The molecule has 1 heterocycles. The highest BCUT2D eigenvalue weighted by Gasteiger charge is 2.20. The third-order valence-electron chi connectivity index (χ3n) is 10.2. The molecule has 0 unspecified atom stereocenters. The number of para-hydroxylation sites is 1. The average Bonchev–Trinajstić information content (AvgIpc) is 3.54. The van der Waals surface area contributed by atoms with Crippen LogP contribution in [-0.2, 0) is 0 Å². The van der Waals surface area contributed by atoms with E-state index in [1.807, 2.05) is 0 Å². The summed E-state index contributed by atoms with van der Waals surface area (Å²) < 4.78 is 2.47. The molecule has 0 aliphatic heterocycles. The molecule has 0 amide bonds. The van der Waals surface area contributed by atoms with Gasteiger partial charge in [0.2, 0.25) is 0 Å². The molecule has 10 aromatic rings. The molecule has 0 spiro atoms. The van der Waals surface area contributed by atoms with Crippen molar-refractivity contribution in [3.63, 3.8) is 0 Å². The van der Waals surface area contributed by atoms with E-state index in [9.17, 15) is 0 Å². The number of aromatic nitrogens is 1. The molecule has 0 aliphatic rings. The highest BCUT2D eigenvalue weighted by Crippen LogP contribution is 2.44. The molecule has 0 N–H and O–H groups in total. The van der Waals surface area contributed by atoms with Gasteiger partial charge in [0.25, 0.3) is 0 Å². The van der Waals surface area contributed by atoms with E-state index in [0.717, 1.165) is 5.69 Å². The topological polar surface area (TPSA) is 4.93 Å². The first-order valence-electron chi connectivity index (χ1n) is 16.9. The Morgan fingerprint density at radius 1 is 0.265 bits per heavy atom. The predicted octanol–water partition coefficient (Wildman–Crippen LogP) is 13.2. The Bertz CT molecular complexity index is 2820. The van der Waals surface area contributed by atoms with Gasteiger partial charge in [0.1, 0.15) is 0 Å². The van der Waals surface area contributed by atoms with Crippen LogP contribution in [0.2, 0.25) is 0 Å². The Hall–Kier alpha value is -6.44. The SMILES string of the molecule is c1ccc(-c2ccc(-c3ccc(-c4ccc(-n5c6ccccc6c6c7c8ccccc8ccc7c7ccccc7c65)cc4)cc3)cc2)cc1. The standard InChI is InChI=1S/C48H31N/c1-2-10-32(11-3-1)33-18-20-34(21-19-33)35-22-24-36(25-23-35)37-26-29-39(30-27-37)49-45-17-9-8-16-44(45)47-46-40-13-5-4-12-38(40)28-31-42(46)41-14-6-7-15-43(41)48(47)49/h1-31H. The lowest BCUT2D eigenvalue weighted by Gasteiger charge is -2.14. The second kappa shape index (κ2) is 11.1. The van der Waals surface area contributed by atoms with Crippen LogP contribution in [0.15, 0.2) is 188 Å². The summed E-state index contributed by atoms with van der Waals surface area (Å²) in [6.07, 6.45) is 0. The van der Waals surface area contributed by atoms with E-state index >= 15 is 0 Å². The van der Waals surface area contributed by atoms with Gasteiger partial charge < -0.3 is 4.57 Å². The van der Waals surface area contributed by atoms with Crippen LogP contribution in [0, 0.1) is 0 Å². The zero-order chi connectivity index (χ0) is 32.3. The van der Waals surface area contributed by atoms with Gasteiger partial charge in [-0.15, -0.1) is 0 Å². The fourth-order valence-corrected chi connectivity index (χ4v) is 7.85. The largest absolute Gasteiger partial charge is 0.309 e. The molecular formula is C48H31N. The molecule has 0 radical (unpaired) electrons. The maximum atomic E-state index is 2.47. The first kappa shape index (κ1) is 27.7. The summed E-state index contributed by atoms with van der Waals surface area (Å²) in [5, 5.41) is 10.3. The van der Waals surface area contributed by atoms with Crippen molar-refractivity contribution < 1.29 is 0 Å². The van der Waals surface area contributed by atoms with Crippen LogP contribution in [0.25, 0.3) is 93.2 Å². The lowest BCUT2D eigenvalue weighted by molar-refractivity contribution is 1.19. The fourth-order valence-electron chi connectivity index (χ4n) is 7.85. The van der Waals surface area contributed by atoms with Gasteiger partial charge in [-0.05, 0) is 73.1 Å². The van der Waals surface area contributed by atoms with Crippen molar-refractivity contribution in [2.75, 3.05) is 0 Å². The Balaban J connectivity index is 1.09. The second-order valence-electron chi connectivity index (χ2n) is 12.9. The monoisotopic (exact) mass is 621 g/mol.